The van der Waals surface area contributed by atoms with E-state index in [4.69, 9.17) is 22.7 Å². The molecule has 3 N–H and O–H groups in total. The Morgan fingerprint density at radius 3 is 2.60 bits per heavy atom. The van der Waals surface area contributed by atoms with Gasteiger partial charge in [-0.3, -0.25) is 4.79 Å². The molecule has 110 valence electrons. The second-order valence-corrected chi connectivity index (χ2v) is 5.61. The number of nitrogens with two attached hydrogens (primary N) is 1. The third kappa shape index (κ3) is 5.17. The number of para-hydroxylation sites is 1. The molecule has 20 heavy (non-hydrogen) atoms. The molecule has 0 saturated heterocycles. The Hall–Kier alpha value is -1.62. The summed E-state index contributed by atoms with van der Waals surface area (Å²) in [6.45, 7) is 6.98. The minimum atomic E-state index is -0.143. The summed E-state index contributed by atoms with van der Waals surface area (Å²) < 4.78 is 5.47. The zero-order valence-electron chi connectivity index (χ0n) is 12.2. The molecule has 0 spiro atoms. The van der Waals surface area contributed by atoms with Crippen molar-refractivity contribution in [3.8, 4) is 5.75 Å². The van der Waals surface area contributed by atoms with Gasteiger partial charge in [-0.25, -0.2) is 0 Å². The van der Waals surface area contributed by atoms with Crippen molar-refractivity contribution in [2.24, 2.45) is 17.6 Å². The zero-order valence-corrected chi connectivity index (χ0v) is 13.0. The van der Waals surface area contributed by atoms with Gasteiger partial charge in [0.25, 0.3) is 5.91 Å². The predicted molar refractivity (Wildman–Crippen MR) is 84.8 cm³/mol. The highest BCUT2D eigenvalue weighted by Gasteiger charge is 2.11. The number of carbonyl (C=O) groups is 1. The molecule has 0 aromatic heterocycles. The predicted octanol–water partition coefficient (Wildman–Crippen LogP) is 2.11. The molecule has 4 nitrogen and oxygen atoms in total. The number of nitrogens with one attached hydrogen (secondary N) is 1. The Bertz CT molecular complexity index is 475. The van der Waals surface area contributed by atoms with E-state index in [2.05, 4.69) is 26.1 Å². The third-order valence-electron chi connectivity index (χ3n) is 3.27. The average Bonchev–Trinajstić information content (AvgIpc) is 2.42. The van der Waals surface area contributed by atoms with Crippen LogP contribution in [0.3, 0.4) is 0 Å². The van der Waals surface area contributed by atoms with Gasteiger partial charge in [0.15, 0.2) is 6.61 Å². The van der Waals surface area contributed by atoms with Crippen molar-refractivity contribution in [2.75, 3.05) is 13.2 Å². The Kier molecular flexibility index (Phi) is 6.45. The fourth-order valence-corrected chi connectivity index (χ4v) is 1.67. The first-order valence-electron chi connectivity index (χ1n) is 6.70. The summed E-state index contributed by atoms with van der Waals surface area (Å²) in [4.78, 5) is 12.0. The quantitative estimate of drug-likeness (QED) is 0.756. The molecular formula is C15H22N2O2S. The van der Waals surface area contributed by atoms with Gasteiger partial charge in [0, 0.05) is 6.54 Å². The summed E-state index contributed by atoms with van der Waals surface area (Å²) in [5.41, 5.74) is 6.25. The van der Waals surface area contributed by atoms with E-state index < -0.39 is 0 Å². The Morgan fingerprint density at radius 1 is 1.35 bits per heavy atom. The molecule has 0 radical (unpaired) electrons. The summed E-state index contributed by atoms with van der Waals surface area (Å²) in [6.07, 6.45) is 0. The van der Waals surface area contributed by atoms with E-state index >= 15 is 0 Å². The number of hydrogen-bond donors (Lipinski definition) is 2. The van der Waals surface area contributed by atoms with Gasteiger partial charge < -0.3 is 15.8 Å². The third-order valence-corrected chi connectivity index (χ3v) is 3.49. The van der Waals surface area contributed by atoms with Crippen LogP contribution in [0.5, 0.6) is 5.75 Å². The van der Waals surface area contributed by atoms with Crippen LogP contribution in [-0.4, -0.2) is 24.0 Å². The summed E-state index contributed by atoms with van der Waals surface area (Å²) in [6, 6.07) is 7.16. The molecule has 0 aliphatic carbocycles. The number of rotatable bonds is 7. The van der Waals surface area contributed by atoms with E-state index in [0.29, 0.717) is 29.7 Å². The average molecular weight is 294 g/mol. The van der Waals surface area contributed by atoms with Crippen LogP contribution in [0.1, 0.15) is 26.3 Å². The fourth-order valence-electron chi connectivity index (χ4n) is 1.50. The van der Waals surface area contributed by atoms with E-state index in [1.165, 1.54) is 0 Å². The normalized spacial score (nSPS) is 12.0. The molecular weight excluding hydrogens is 272 g/mol. The SMILES string of the molecule is CC(C)C(C)CNC(=O)COc1ccccc1C(N)=S. The van der Waals surface area contributed by atoms with Crippen molar-refractivity contribution in [3.05, 3.63) is 29.8 Å². The minimum Gasteiger partial charge on any atom is -0.483 e. The van der Waals surface area contributed by atoms with Crippen molar-refractivity contribution in [1.29, 1.82) is 0 Å². The van der Waals surface area contributed by atoms with Crippen LogP contribution in [0.2, 0.25) is 0 Å². The minimum absolute atomic E-state index is 0.0373. The molecule has 0 heterocycles. The van der Waals surface area contributed by atoms with Crippen molar-refractivity contribution < 1.29 is 9.53 Å². The van der Waals surface area contributed by atoms with E-state index in [-0.39, 0.29) is 17.5 Å². The summed E-state index contributed by atoms with van der Waals surface area (Å²) in [7, 11) is 0. The van der Waals surface area contributed by atoms with Gasteiger partial charge in [0.1, 0.15) is 10.7 Å². The first-order chi connectivity index (χ1) is 9.41. The zero-order chi connectivity index (χ0) is 15.1. The molecule has 5 heteroatoms. The summed E-state index contributed by atoms with van der Waals surface area (Å²) >= 11 is 4.94. The van der Waals surface area contributed by atoms with Crippen LogP contribution in [0.15, 0.2) is 24.3 Å². The maximum atomic E-state index is 11.7. The Labute approximate surface area is 125 Å². The fraction of sp³-hybridized carbons (Fsp3) is 0.467. The van der Waals surface area contributed by atoms with Gasteiger partial charge in [0.05, 0.1) is 5.56 Å². The first-order valence-corrected chi connectivity index (χ1v) is 7.11. The number of ether oxygens (including phenoxy) is 1. The van der Waals surface area contributed by atoms with Crippen molar-refractivity contribution in [3.63, 3.8) is 0 Å². The number of hydrogen-bond acceptors (Lipinski definition) is 3. The molecule has 1 amide bonds. The molecule has 0 fully saturated rings. The number of thiocarbonyl (C=S) groups is 1. The first kappa shape index (κ1) is 16.4. The van der Waals surface area contributed by atoms with E-state index in [1.807, 2.05) is 12.1 Å². The molecule has 0 saturated carbocycles. The number of carbonyl (C=O) groups excluding carboxylic acids is 1. The molecule has 0 aliphatic rings. The van der Waals surface area contributed by atoms with Gasteiger partial charge >= 0.3 is 0 Å². The lowest BCUT2D eigenvalue weighted by atomic mass is 9.98. The van der Waals surface area contributed by atoms with Gasteiger partial charge in [-0.15, -0.1) is 0 Å². The van der Waals surface area contributed by atoms with Crippen LogP contribution < -0.4 is 15.8 Å². The lowest BCUT2D eigenvalue weighted by Crippen LogP contribution is -2.33. The van der Waals surface area contributed by atoms with E-state index in [0.717, 1.165) is 0 Å². The van der Waals surface area contributed by atoms with E-state index in [9.17, 15) is 4.79 Å². The molecule has 1 atom stereocenters. The summed E-state index contributed by atoms with van der Waals surface area (Å²) in [5.74, 6) is 1.36. The van der Waals surface area contributed by atoms with Gasteiger partial charge in [-0.1, -0.05) is 45.1 Å². The molecule has 0 bridgehead atoms. The second-order valence-electron chi connectivity index (χ2n) is 5.17. The highest BCUT2D eigenvalue weighted by Crippen LogP contribution is 2.17. The smallest absolute Gasteiger partial charge is 0.257 e. The molecule has 1 rings (SSSR count). The van der Waals surface area contributed by atoms with Crippen LogP contribution in [-0.2, 0) is 4.79 Å². The lowest BCUT2D eigenvalue weighted by molar-refractivity contribution is -0.123. The largest absolute Gasteiger partial charge is 0.483 e. The molecule has 1 unspecified atom stereocenters. The Morgan fingerprint density at radius 2 is 2.00 bits per heavy atom. The highest BCUT2D eigenvalue weighted by molar-refractivity contribution is 7.80. The Balaban J connectivity index is 2.47. The van der Waals surface area contributed by atoms with Crippen LogP contribution >= 0.6 is 12.2 Å². The van der Waals surface area contributed by atoms with E-state index in [1.54, 1.807) is 12.1 Å². The van der Waals surface area contributed by atoms with Crippen LogP contribution in [0, 0.1) is 11.8 Å². The van der Waals surface area contributed by atoms with Gasteiger partial charge in [0.2, 0.25) is 0 Å². The molecule has 1 aromatic rings. The van der Waals surface area contributed by atoms with Crippen LogP contribution in [0.4, 0.5) is 0 Å². The lowest BCUT2D eigenvalue weighted by Gasteiger charge is -2.16. The van der Waals surface area contributed by atoms with Gasteiger partial charge in [-0.2, -0.15) is 0 Å². The van der Waals surface area contributed by atoms with Gasteiger partial charge in [-0.05, 0) is 24.0 Å². The standard InChI is InChI=1S/C15H22N2O2S/c1-10(2)11(3)8-17-14(18)9-19-13-7-5-4-6-12(13)15(16)20/h4-7,10-11H,8-9H2,1-3H3,(H2,16,20)(H,17,18). The molecule has 1 aromatic carbocycles. The highest BCUT2D eigenvalue weighted by atomic mass is 32.1. The van der Waals surface area contributed by atoms with Crippen molar-refractivity contribution in [2.45, 2.75) is 20.8 Å². The maximum absolute atomic E-state index is 11.7. The molecule has 0 aliphatic heterocycles. The number of benzene rings is 1. The monoisotopic (exact) mass is 294 g/mol. The number of amides is 1. The maximum Gasteiger partial charge on any atom is 0.257 e. The topological polar surface area (TPSA) is 64.3 Å². The summed E-state index contributed by atoms with van der Waals surface area (Å²) in [5, 5.41) is 2.85. The van der Waals surface area contributed by atoms with Crippen molar-refractivity contribution >= 4 is 23.1 Å². The van der Waals surface area contributed by atoms with Crippen molar-refractivity contribution in [1.82, 2.24) is 5.32 Å². The van der Waals surface area contributed by atoms with Crippen LogP contribution in [0.25, 0.3) is 0 Å². The second kappa shape index (κ2) is 7.85.